The molecular formula is C12H17NO3. The molecule has 16 heavy (non-hydrogen) atoms. The first-order valence-electron chi connectivity index (χ1n) is 5.33. The second-order valence-corrected chi connectivity index (χ2v) is 3.56. The van der Waals surface area contributed by atoms with Crippen molar-refractivity contribution in [3.8, 4) is 5.75 Å². The average molecular weight is 223 g/mol. The lowest BCUT2D eigenvalue weighted by Gasteiger charge is -2.08. The molecule has 0 aliphatic rings. The Balaban J connectivity index is 2.53. The Kier molecular flexibility index (Phi) is 4.79. The number of carboxylic acids is 1. The van der Waals surface area contributed by atoms with Gasteiger partial charge in [0.15, 0.2) is 0 Å². The SMILES string of the molecule is CCOc1cccc(CCC(N)C(=O)O)c1. The van der Waals surface area contributed by atoms with Gasteiger partial charge < -0.3 is 15.6 Å². The Hall–Kier alpha value is -1.55. The molecule has 3 N–H and O–H groups in total. The van der Waals surface area contributed by atoms with Gasteiger partial charge in [-0.1, -0.05) is 12.1 Å². The first-order valence-corrected chi connectivity index (χ1v) is 5.33. The Morgan fingerprint density at radius 2 is 2.31 bits per heavy atom. The van der Waals surface area contributed by atoms with Crippen molar-refractivity contribution in [3.05, 3.63) is 29.8 Å². The highest BCUT2D eigenvalue weighted by Gasteiger charge is 2.10. The second-order valence-electron chi connectivity index (χ2n) is 3.56. The minimum atomic E-state index is -0.957. The summed E-state index contributed by atoms with van der Waals surface area (Å²) in [5.41, 5.74) is 6.47. The standard InChI is InChI=1S/C12H17NO3/c1-2-16-10-5-3-4-9(8-10)6-7-11(13)12(14)15/h3-5,8,11H,2,6-7,13H2,1H3,(H,14,15). The Bertz CT molecular complexity index is 352. The van der Waals surface area contributed by atoms with Crippen molar-refractivity contribution >= 4 is 5.97 Å². The highest BCUT2D eigenvalue weighted by Crippen LogP contribution is 2.14. The van der Waals surface area contributed by atoms with Crippen LogP contribution in [0.2, 0.25) is 0 Å². The van der Waals surface area contributed by atoms with Gasteiger partial charge >= 0.3 is 5.97 Å². The Morgan fingerprint density at radius 3 is 2.94 bits per heavy atom. The second kappa shape index (κ2) is 6.12. The lowest BCUT2D eigenvalue weighted by atomic mass is 10.1. The summed E-state index contributed by atoms with van der Waals surface area (Å²) >= 11 is 0. The number of hydrogen-bond acceptors (Lipinski definition) is 3. The van der Waals surface area contributed by atoms with E-state index >= 15 is 0 Å². The van der Waals surface area contributed by atoms with Crippen LogP contribution < -0.4 is 10.5 Å². The average Bonchev–Trinajstić information content (AvgIpc) is 2.26. The summed E-state index contributed by atoms with van der Waals surface area (Å²) in [5.74, 6) is -0.148. The normalized spacial score (nSPS) is 12.1. The zero-order valence-electron chi connectivity index (χ0n) is 9.35. The number of carbonyl (C=O) groups is 1. The Morgan fingerprint density at radius 1 is 1.56 bits per heavy atom. The van der Waals surface area contributed by atoms with E-state index in [4.69, 9.17) is 15.6 Å². The largest absolute Gasteiger partial charge is 0.494 e. The smallest absolute Gasteiger partial charge is 0.320 e. The molecule has 4 nitrogen and oxygen atoms in total. The van der Waals surface area contributed by atoms with Gasteiger partial charge in [-0.2, -0.15) is 0 Å². The van der Waals surface area contributed by atoms with Gasteiger partial charge in [0, 0.05) is 0 Å². The van der Waals surface area contributed by atoms with Crippen LogP contribution in [0.5, 0.6) is 5.75 Å². The lowest BCUT2D eigenvalue weighted by molar-refractivity contribution is -0.138. The zero-order chi connectivity index (χ0) is 12.0. The first kappa shape index (κ1) is 12.5. The van der Waals surface area contributed by atoms with Crippen LogP contribution in [0.25, 0.3) is 0 Å². The van der Waals surface area contributed by atoms with Gasteiger partial charge in [-0.3, -0.25) is 4.79 Å². The zero-order valence-corrected chi connectivity index (χ0v) is 9.35. The molecular weight excluding hydrogens is 206 g/mol. The molecule has 0 aromatic heterocycles. The molecule has 0 aliphatic heterocycles. The molecule has 0 amide bonds. The number of ether oxygens (including phenoxy) is 1. The summed E-state index contributed by atoms with van der Waals surface area (Å²) in [6.07, 6.45) is 1.08. The van der Waals surface area contributed by atoms with Crippen molar-refractivity contribution < 1.29 is 14.6 Å². The molecule has 0 bridgehead atoms. The van der Waals surface area contributed by atoms with Crippen molar-refractivity contribution in [1.82, 2.24) is 0 Å². The maximum absolute atomic E-state index is 10.5. The predicted molar refractivity (Wildman–Crippen MR) is 61.5 cm³/mol. The van der Waals surface area contributed by atoms with Crippen molar-refractivity contribution in [2.45, 2.75) is 25.8 Å². The number of aryl methyl sites for hydroxylation is 1. The summed E-state index contributed by atoms with van der Waals surface area (Å²) in [5, 5.41) is 8.65. The van der Waals surface area contributed by atoms with Crippen LogP contribution >= 0.6 is 0 Å². The molecule has 88 valence electrons. The summed E-state index contributed by atoms with van der Waals surface area (Å²) in [6, 6.07) is 6.84. The van der Waals surface area contributed by atoms with E-state index in [-0.39, 0.29) is 0 Å². The molecule has 0 aliphatic carbocycles. The molecule has 1 rings (SSSR count). The minimum absolute atomic E-state index is 0.435. The minimum Gasteiger partial charge on any atom is -0.494 e. The van der Waals surface area contributed by atoms with Crippen LogP contribution in [0.1, 0.15) is 18.9 Å². The van der Waals surface area contributed by atoms with E-state index in [0.717, 1.165) is 11.3 Å². The van der Waals surface area contributed by atoms with Gasteiger partial charge in [0.1, 0.15) is 11.8 Å². The molecule has 0 fully saturated rings. The number of nitrogens with two attached hydrogens (primary N) is 1. The Labute approximate surface area is 95.0 Å². The van der Waals surface area contributed by atoms with Crippen LogP contribution in [0, 0.1) is 0 Å². The third-order valence-corrected chi connectivity index (χ3v) is 2.27. The van der Waals surface area contributed by atoms with Crippen LogP contribution in [-0.4, -0.2) is 23.7 Å². The van der Waals surface area contributed by atoms with Crippen molar-refractivity contribution in [1.29, 1.82) is 0 Å². The fourth-order valence-electron chi connectivity index (χ4n) is 1.40. The molecule has 0 saturated heterocycles. The maximum Gasteiger partial charge on any atom is 0.320 e. The third-order valence-electron chi connectivity index (χ3n) is 2.27. The van der Waals surface area contributed by atoms with E-state index in [1.807, 2.05) is 31.2 Å². The van der Waals surface area contributed by atoms with E-state index in [1.165, 1.54) is 0 Å². The van der Waals surface area contributed by atoms with Crippen molar-refractivity contribution in [2.75, 3.05) is 6.61 Å². The highest BCUT2D eigenvalue weighted by molar-refractivity contribution is 5.73. The highest BCUT2D eigenvalue weighted by atomic mass is 16.5. The van der Waals surface area contributed by atoms with Crippen molar-refractivity contribution in [3.63, 3.8) is 0 Å². The number of hydrogen-bond donors (Lipinski definition) is 2. The summed E-state index contributed by atoms with van der Waals surface area (Å²) in [4.78, 5) is 10.5. The quantitative estimate of drug-likeness (QED) is 0.765. The van der Waals surface area contributed by atoms with E-state index in [1.54, 1.807) is 0 Å². The molecule has 0 saturated carbocycles. The van der Waals surface area contributed by atoms with Gasteiger partial charge in [0.05, 0.1) is 6.61 Å². The summed E-state index contributed by atoms with van der Waals surface area (Å²) in [7, 11) is 0. The van der Waals surface area contributed by atoms with Gasteiger partial charge in [0.25, 0.3) is 0 Å². The van der Waals surface area contributed by atoms with Crippen LogP contribution in [0.4, 0.5) is 0 Å². The van der Waals surface area contributed by atoms with Crippen LogP contribution in [0.15, 0.2) is 24.3 Å². The topological polar surface area (TPSA) is 72.5 Å². The molecule has 1 aromatic carbocycles. The number of carboxylic acid groups (broad SMARTS) is 1. The number of rotatable bonds is 6. The van der Waals surface area contributed by atoms with Crippen molar-refractivity contribution in [2.24, 2.45) is 5.73 Å². The lowest BCUT2D eigenvalue weighted by Crippen LogP contribution is -2.30. The van der Waals surface area contributed by atoms with Crippen LogP contribution in [0.3, 0.4) is 0 Å². The monoisotopic (exact) mass is 223 g/mol. The summed E-state index contributed by atoms with van der Waals surface area (Å²) < 4.78 is 5.35. The van der Waals surface area contributed by atoms with E-state index in [9.17, 15) is 4.79 Å². The van der Waals surface area contributed by atoms with Gasteiger partial charge in [-0.15, -0.1) is 0 Å². The number of aliphatic carboxylic acids is 1. The molecule has 1 unspecified atom stereocenters. The van der Waals surface area contributed by atoms with E-state index in [2.05, 4.69) is 0 Å². The number of benzene rings is 1. The molecule has 0 heterocycles. The maximum atomic E-state index is 10.5. The molecule has 1 atom stereocenters. The van der Waals surface area contributed by atoms with Gasteiger partial charge in [-0.05, 0) is 37.5 Å². The molecule has 4 heteroatoms. The molecule has 1 aromatic rings. The first-order chi connectivity index (χ1) is 7.63. The van der Waals surface area contributed by atoms with E-state index < -0.39 is 12.0 Å². The fraction of sp³-hybridized carbons (Fsp3) is 0.417. The van der Waals surface area contributed by atoms with E-state index in [0.29, 0.717) is 19.4 Å². The van der Waals surface area contributed by atoms with Gasteiger partial charge in [-0.25, -0.2) is 0 Å². The predicted octanol–water partition coefficient (Wildman–Crippen LogP) is 1.43. The molecule has 0 spiro atoms. The van der Waals surface area contributed by atoms with Gasteiger partial charge in [0.2, 0.25) is 0 Å². The molecule has 0 radical (unpaired) electrons. The fourth-order valence-corrected chi connectivity index (χ4v) is 1.40. The third kappa shape index (κ3) is 3.90. The van der Waals surface area contributed by atoms with Crippen LogP contribution in [-0.2, 0) is 11.2 Å². The summed E-state index contributed by atoms with van der Waals surface area (Å²) in [6.45, 7) is 2.55.